The van der Waals surface area contributed by atoms with Crippen LogP contribution in [0, 0.1) is 0 Å². The second kappa shape index (κ2) is 2.50. The molecule has 0 radical (unpaired) electrons. The van der Waals surface area contributed by atoms with Gasteiger partial charge in [0.2, 0.25) is 5.95 Å². The Labute approximate surface area is 64.4 Å². The third-order valence-electron chi connectivity index (χ3n) is 1.91. The number of nitrogens with two attached hydrogens (primary N) is 1. The van der Waals surface area contributed by atoms with Gasteiger partial charge in [0.1, 0.15) is 5.82 Å². The Hall–Kier alpha value is -1.10. The summed E-state index contributed by atoms with van der Waals surface area (Å²) in [4.78, 5) is 4.04. The van der Waals surface area contributed by atoms with Crippen molar-refractivity contribution >= 4 is 5.95 Å². The summed E-state index contributed by atoms with van der Waals surface area (Å²) in [5.74, 6) is 1.19. The molecule has 0 saturated carbocycles. The molecule has 1 aromatic heterocycles. The Kier molecular flexibility index (Phi) is 1.50. The minimum Gasteiger partial charge on any atom is -0.367 e. The molecule has 1 aliphatic rings. The zero-order valence-corrected chi connectivity index (χ0v) is 6.17. The summed E-state index contributed by atoms with van der Waals surface area (Å²) in [6.07, 6.45) is 2.32. The van der Waals surface area contributed by atoms with Gasteiger partial charge in [0.15, 0.2) is 0 Å². The van der Waals surface area contributed by atoms with E-state index in [2.05, 4.69) is 20.5 Å². The van der Waals surface area contributed by atoms with Crippen LogP contribution in [0.5, 0.6) is 0 Å². The maximum Gasteiger partial charge on any atom is 0.239 e. The summed E-state index contributed by atoms with van der Waals surface area (Å²) in [5, 5.41) is 9.86. The van der Waals surface area contributed by atoms with E-state index < -0.39 is 0 Å². The van der Waals surface area contributed by atoms with Crippen molar-refractivity contribution in [3.05, 3.63) is 5.82 Å². The Bertz CT molecular complexity index is 237. The average molecular weight is 153 g/mol. The van der Waals surface area contributed by atoms with Gasteiger partial charge in [-0.15, -0.1) is 5.10 Å². The van der Waals surface area contributed by atoms with Crippen molar-refractivity contribution in [1.29, 1.82) is 0 Å². The topological polar surface area (TPSA) is 79.6 Å². The lowest BCUT2D eigenvalue weighted by molar-refractivity contribution is 0.608. The van der Waals surface area contributed by atoms with Gasteiger partial charge in [-0.3, -0.25) is 5.10 Å². The molecule has 2 rings (SSSR count). The smallest absolute Gasteiger partial charge is 0.239 e. The zero-order chi connectivity index (χ0) is 7.68. The highest BCUT2D eigenvalue weighted by molar-refractivity contribution is 5.14. The van der Waals surface area contributed by atoms with Crippen molar-refractivity contribution in [2.45, 2.75) is 18.9 Å². The number of nitrogens with one attached hydrogen (secondary N) is 2. The fourth-order valence-corrected chi connectivity index (χ4v) is 1.36. The predicted molar refractivity (Wildman–Crippen MR) is 40.8 cm³/mol. The number of aromatic amines is 1. The number of hydrogen-bond donors (Lipinski definition) is 3. The molecule has 0 amide bonds. The molecule has 5 nitrogen and oxygen atoms in total. The van der Waals surface area contributed by atoms with Gasteiger partial charge < -0.3 is 11.1 Å². The molecule has 0 aliphatic carbocycles. The van der Waals surface area contributed by atoms with Crippen LogP contribution < -0.4 is 11.1 Å². The van der Waals surface area contributed by atoms with E-state index in [4.69, 9.17) is 5.73 Å². The molecule has 2 heterocycles. The van der Waals surface area contributed by atoms with Crippen molar-refractivity contribution < 1.29 is 0 Å². The quantitative estimate of drug-likeness (QED) is 0.522. The molecule has 0 unspecified atom stereocenters. The van der Waals surface area contributed by atoms with Gasteiger partial charge >= 0.3 is 0 Å². The van der Waals surface area contributed by atoms with Gasteiger partial charge in [-0.05, 0) is 19.4 Å². The first-order chi connectivity index (χ1) is 5.36. The number of nitrogen functional groups attached to an aromatic ring is 1. The lowest BCUT2D eigenvalue weighted by atomic mass is 10.2. The van der Waals surface area contributed by atoms with E-state index in [-0.39, 0.29) is 0 Å². The number of rotatable bonds is 1. The van der Waals surface area contributed by atoms with Crippen LogP contribution in [-0.4, -0.2) is 21.7 Å². The van der Waals surface area contributed by atoms with Gasteiger partial charge in [0.05, 0.1) is 6.04 Å². The summed E-state index contributed by atoms with van der Waals surface area (Å²) < 4.78 is 0. The van der Waals surface area contributed by atoms with Crippen LogP contribution in [0.15, 0.2) is 0 Å². The fourth-order valence-electron chi connectivity index (χ4n) is 1.36. The highest BCUT2D eigenvalue weighted by Gasteiger charge is 2.18. The second-order valence-electron chi connectivity index (χ2n) is 2.73. The van der Waals surface area contributed by atoms with Crippen molar-refractivity contribution in [1.82, 2.24) is 20.5 Å². The first kappa shape index (κ1) is 6.60. The summed E-state index contributed by atoms with van der Waals surface area (Å²) in [6, 6.07) is 0.333. The van der Waals surface area contributed by atoms with Crippen LogP contribution in [0.25, 0.3) is 0 Å². The first-order valence-corrected chi connectivity index (χ1v) is 3.77. The fraction of sp³-hybridized carbons (Fsp3) is 0.667. The molecule has 5 heteroatoms. The third-order valence-corrected chi connectivity index (χ3v) is 1.91. The summed E-state index contributed by atoms with van der Waals surface area (Å²) in [7, 11) is 0. The minimum atomic E-state index is 0.328. The van der Waals surface area contributed by atoms with Crippen molar-refractivity contribution in [2.24, 2.45) is 0 Å². The van der Waals surface area contributed by atoms with E-state index in [0.29, 0.717) is 12.0 Å². The highest BCUT2D eigenvalue weighted by atomic mass is 15.3. The standard InChI is InChI=1S/C6H11N5/c7-6-9-5(10-11-6)4-2-1-3-8-4/h4,8H,1-3H2,(H3,7,9,10,11)/t4-/m1/s1. The Morgan fingerprint density at radius 2 is 2.45 bits per heavy atom. The largest absolute Gasteiger partial charge is 0.367 e. The van der Waals surface area contributed by atoms with Gasteiger partial charge in [-0.25, -0.2) is 0 Å². The van der Waals surface area contributed by atoms with Crippen LogP contribution in [0.3, 0.4) is 0 Å². The van der Waals surface area contributed by atoms with Crippen molar-refractivity contribution in [3.63, 3.8) is 0 Å². The Balaban J connectivity index is 2.15. The van der Waals surface area contributed by atoms with Crippen molar-refractivity contribution in [2.75, 3.05) is 12.3 Å². The van der Waals surface area contributed by atoms with E-state index in [1.54, 1.807) is 0 Å². The monoisotopic (exact) mass is 153 g/mol. The van der Waals surface area contributed by atoms with Gasteiger partial charge in [0, 0.05) is 0 Å². The van der Waals surface area contributed by atoms with Gasteiger partial charge in [-0.2, -0.15) is 4.98 Å². The predicted octanol–water partition coefficient (Wildman–Crippen LogP) is -0.189. The molecule has 0 bridgehead atoms. The second-order valence-corrected chi connectivity index (χ2v) is 2.73. The van der Waals surface area contributed by atoms with Gasteiger partial charge in [-0.1, -0.05) is 0 Å². The van der Waals surface area contributed by atoms with E-state index in [1.807, 2.05) is 0 Å². The molecule has 1 aromatic rings. The van der Waals surface area contributed by atoms with E-state index in [9.17, 15) is 0 Å². The molecular formula is C6H11N5. The van der Waals surface area contributed by atoms with Crippen LogP contribution in [0.2, 0.25) is 0 Å². The van der Waals surface area contributed by atoms with E-state index in [0.717, 1.165) is 18.8 Å². The lowest BCUT2D eigenvalue weighted by Crippen LogP contribution is -2.14. The Morgan fingerprint density at radius 1 is 1.55 bits per heavy atom. The maximum absolute atomic E-state index is 5.36. The molecule has 1 fully saturated rings. The minimum absolute atomic E-state index is 0.328. The Morgan fingerprint density at radius 3 is 3.00 bits per heavy atom. The average Bonchev–Trinajstić information content (AvgIpc) is 2.55. The molecule has 0 spiro atoms. The highest BCUT2D eigenvalue weighted by Crippen LogP contribution is 2.19. The normalized spacial score (nSPS) is 24.2. The number of anilines is 1. The van der Waals surface area contributed by atoms with Crippen LogP contribution in [-0.2, 0) is 0 Å². The van der Waals surface area contributed by atoms with Crippen LogP contribution in [0.4, 0.5) is 5.95 Å². The molecule has 1 atom stereocenters. The molecule has 4 N–H and O–H groups in total. The van der Waals surface area contributed by atoms with Gasteiger partial charge in [0.25, 0.3) is 0 Å². The maximum atomic E-state index is 5.36. The number of nitrogens with zero attached hydrogens (tertiary/aromatic N) is 2. The lowest BCUT2D eigenvalue weighted by Gasteiger charge is -2.03. The number of H-pyrrole nitrogens is 1. The number of hydrogen-bond acceptors (Lipinski definition) is 4. The first-order valence-electron chi connectivity index (χ1n) is 3.77. The molecule has 1 aliphatic heterocycles. The van der Waals surface area contributed by atoms with Crippen LogP contribution >= 0.6 is 0 Å². The summed E-state index contributed by atoms with van der Waals surface area (Å²) in [6.45, 7) is 1.06. The van der Waals surface area contributed by atoms with E-state index in [1.165, 1.54) is 6.42 Å². The molecule has 60 valence electrons. The summed E-state index contributed by atoms with van der Waals surface area (Å²) >= 11 is 0. The SMILES string of the molecule is Nc1n[nH]c([C@H]2CCCN2)n1. The van der Waals surface area contributed by atoms with E-state index >= 15 is 0 Å². The third kappa shape index (κ3) is 1.19. The molecule has 1 saturated heterocycles. The summed E-state index contributed by atoms with van der Waals surface area (Å²) in [5.41, 5.74) is 5.36. The van der Waals surface area contributed by atoms with Crippen molar-refractivity contribution in [3.8, 4) is 0 Å². The molecule has 11 heavy (non-hydrogen) atoms. The molecular weight excluding hydrogens is 142 g/mol. The molecule has 0 aromatic carbocycles. The zero-order valence-electron chi connectivity index (χ0n) is 6.17. The van der Waals surface area contributed by atoms with Crippen LogP contribution in [0.1, 0.15) is 24.7 Å². The number of aromatic nitrogens is 3.